The van der Waals surface area contributed by atoms with Crippen LogP contribution in [0.1, 0.15) is 23.7 Å². The second kappa shape index (κ2) is 6.69. The number of carbonyl (C=O) groups is 1. The lowest BCUT2D eigenvalue weighted by atomic mass is 10.2. The third-order valence-corrected chi connectivity index (χ3v) is 2.39. The Hall–Kier alpha value is -1.97. The highest BCUT2D eigenvalue weighted by Gasteiger charge is 2.13. The molecule has 0 aliphatic rings. The molecule has 4 nitrogen and oxygen atoms in total. The van der Waals surface area contributed by atoms with Crippen LogP contribution in [0.15, 0.2) is 24.3 Å². The van der Waals surface area contributed by atoms with Crippen LogP contribution in [-0.2, 0) is 0 Å². The quantitative estimate of drug-likeness (QED) is 0.551. The fourth-order valence-electron chi connectivity index (χ4n) is 1.44. The molecule has 0 saturated heterocycles. The van der Waals surface area contributed by atoms with Gasteiger partial charge in [-0.15, -0.1) is 6.58 Å². The molecule has 0 aromatic heterocycles. The third-order valence-electron chi connectivity index (χ3n) is 2.39. The molecule has 1 rings (SSSR count). The number of hydrogen-bond acceptors (Lipinski definition) is 4. The van der Waals surface area contributed by atoms with Crippen molar-refractivity contribution in [2.45, 2.75) is 13.3 Å². The van der Waals surface area contributed by atoms with Gasteiger partial charge in [-0.1, -0.05) is 5.57 Å². The lowest BCUT2D eigenvalue weighted by molar-refractivity contribution is 0.112. The largest absolute Gasteiger partial charge is 0.493 e. The van der Waals surface area contributed by atoms with Gasteiger partial charge in [-0.05, 0) is 19.1 Å². The van der Waals surface area contributed by atoms with E-state index in [4.69, 9.17) is 14.2 Å². The van der Waals surface area contributed by atoms with Crippen LogP contribution in [0.2, 0.25) is 0 Å². The first kappa shape index (κ1) is 14.1. The Morgan fingerprint density at radius 1 is 1.28 bits per heavy atom. The van der Waals surface area contributed by atoms with Gasteiger partial charge in [-0.2, -0.15) is 0 Å². The standard InChI is InChI=1S/C14H18O4/c1-10(2)5-6-18-14-12(16-3)7-11(9-15)8-13(14)17-4/h7-9H,1,5-6H2,2-4H3. The molecule has 0 aliphatic heterocycles. The van der Waals surface area contributed by atoms with E-state index in [0.717, 1.165) is 18.3 Å². The first-order chi connectivity index (χ1) is 8.62. The van der Waals surface area contributed by atoms with Crippen molar-refractivity contribution in [3.63, 3.8) is 0 Å². The van der Waals surface area contributed by atoms with Gasteiger partial charge in [0.15, 0.2) is 11.5 Å². The molecule has 0 N–H and O–H groups in total. The molecule has 0 radical (unpaired) electrons. The Bertz CT molecular complexity index is 412. The molecule has 4 heteroatoms. The van der Waals surface area contributed by atoms with Crippen LogP contribution >= 0.6 is 0 Å². The van der Waals surface area contributed by atoms with Gasteiger partial charge in [-0.3, -0.25) is 4.79 Å². The van der Waals surface area contributed by atoms with E-state index >= 15 is 0 Å². The molecule has 1 aromatic carbocycles. The van der Waals surface area contributed by atoms with E-state index in [1.54, 1.807) is 12.1 Å². The van der Waals surface area contributed by atoms with Crippen LogP contribution in [0.5, 0.6) is 17.2 Å². The maximum absolute atomic E-state index is 10.8. The van der Waals surface area contributed by atoms with Gasteiger partial charge in [0.1, 0.15) is 6.29 Å². The zero-order valence-corrected chi connectivity index (χ0v) is 11.0. The monoisotopic (exact) mass is 250 g/mol. The van der Waals surface area contributed by atoms with Gasteiger partial charge in [0, 0.05) is 12.0 Å². The Kier molecular flexibility index (Phi) is 5.24. The van der Waals surface area contributed by atoms with Crippen molar-refractivity contribution in [3.05, 3.63) is 29.8 Å². The SMILES string of the molecule is C=C(C)CCOc1c(OC)cc(C=O)cc1OC. The van der Waals surface area contributed by atoms with Gasteiger partial charge in [0.25, 0.3) is 0 Å². The Morgan fingerprint density at radius 3 is 2.22 bits per heavy atom. The smallest absolute Gasteiger partial charge is 0.203 e. The molecule has 0 amide bonds. The van der Waals surface area contributed by atoms with Crippen molar-refractivity contribution in [2.24, 2.45) is 0 Å². The van der Waals surface area contributed by atoms with Crippen molar-refractivity contribution >= 4 is 6.29 Å². The minimum Gasteiger partial charge on any atom is -0.493 e. The van der Waals surface area contributed by atoms with Gasteiger partial charge in [0.2, 0.25) is 5.75 Å². The lowest BCUT2D eigenvalue weighted by Gasteiger charge is -2.14. The fraction of sp³-hybridized carbons (Fsp3) is 0.357. The summed E-state index contributed by atoms with van der Waals surface area (Å²) in [6.45, 7) is 6.24. The minimum atomic E-state index is 0.482. The van der Waals surface area contributed by atoms with E-state index in [1.165, 1.54) is 14.2 Å². The second-order valence-electron chi connectivity index (χ2n) is 3.93. The highest BCUT2D eigenvalue weighted by atomic mass is 16.5. The lowest BCUT2D eigenvalue weighted by Crippen LogP contribution is -2.02. The van der Waals surface area contributed by atoms with Crippen molar-refractivity contribution in [1.82, 2.24) is 0 Å². The molecule has 0 spiro atoms. The van der Waals surface area contributed by atoms with E-state index in [-0.39, 0.29) is 0 Å². The van der Waals surface area contributed by atoms with Crippen molar-refractivity contribution in [3.8, 4) is 17.2 Å². The topological polar surface area (TPSA) is 44.8 Å². The first-order valence-electron chi connectivity index (χ1n) is 5.60. The molecule has 0 fully saturated rings. The van der Waals surface area contributed by atoms with Crippen molar-refractivity contribution in [2.75, 3.05) is 20.8 Å². The van der Waals surface area contributed by atoms with Crippen LogP contribution in [0.3, 0.4) is 0 Å². The summed E-state index contributed by atoms with van der Waals surface area (Å²) in [5.74, 6) is 1.48. The third kappa shape index (κ3) is 3.52. The Labute approximate surface area is 107 Å². The highest BCUT2D eigenvalue weighted by molar-refractivity contribution is 5.78. The summed E-state index contributed by atoms with van der Waals surface area (Å²) in [5.41, 5.74) is 1.52. The summed E-state index contributed by atoms with van der Waals surface area (Å²) in [6.07, 6.45) is 1.49. The van der Waals surface area contributed by atoms with Crippen molar-refractivity contribution < 1.29 is 19.0 Å². The summed E-state index contributed by atoms with van der Waals surface area (Å²) < 4.78 is 16.0. The van der Waals surface area contributed by atoms with Crippen LogP contribution in [0.25, 0.3) is 0 Å². The number of rotatable bonds is 7. The molecular weight excluding hydrogens is 232 g/mol. The van der Waals surface area contributed by atoms with Gasteiger partial charge in [-0.25, -0.2) is 0 Å². The van der Waals surface area contributed by atoms with E-state index in [2.05, 4.69) is 6.58 Å². The van der Waals surface area contributed by atoms with Crippen LogP contribution < -0.4 is 14.2 Å². The summed E-state index contributed by atoms with van der Waals surface area (Å²) in [7, 11) is 3.05. The number of aldehydes is 1. The number of benzene rings is 1. The Balaban J connectivity index is 2.99. The molecule has 0 saturated carbocycles. The fourth-order valence-corrected chi connectivity index (χ4v) is 1.44. The molecule has 0 aliphatic carbocycles. The molecular formula is C14H18O4. The molecule has 0 atom stereocenters. The minimum absolute atomic E-state index is 0.482. The van der Waals surface area contributed by atoms with E-state index in [0.29, 0.717) is 29.4 Å². The van der Waals surface area contributed by atoms with Crippen molar-refractivity contribution in [1.29, 1.82) is 0 Å². The van der Waals surface area contributed by atoms with Crippen LogP contribution in [-0.4, -0.2) is 27.1 Å². The average molecular weight is 250 g/mol. The first-order valence-corrected chi connectivity index (χ1v) is 5.60. The van der Waals surface area contributed by atoms with E-state index in [9.17, 15) is 4.79 Å². The van der Waals surface area contributed by atoms with Gasteiger partial charge >= 0.3 is 0 Å². The predicted octanol–water partition coefficient (Wildman–Crippen LogP) is 2.86. The van der Waals surface area contributed by atoms with Gasteiger partial charge < -0.3 is 14.2 Å². The number of methoxy groups -OCH3 is 2. The summed E-state index contributed by atoms with van der Waals surface area (Å²) in [5, 5.41) is 0. The van der Waals surface area contributed by atoms with Gasteiger partial charge in [0.05, 0.1) is 20.8 Å². The molecule has 18 heavy (non-hydrogen) atoms. The maximum atomic E-state index is 10.8. The number of ether oxygens (including phenoxy) is 3. The zero-order valence-electron chi connectivity index (χ0n) is 11.0. The molecule has 0 unspecified atom stereocenters. The normalized spacial score (nSPS) is 9.72. The highest BCUT2D eigenvalue weighted by Crippen LogP contribution is 2.38. The number of carbonyl (C=O) groups excluding carboxylic acids is 1. The molecule has 98 valence electrons. The maximum Gasteiger partial charge on any atom is 0.203 e. The molecule has 0 heterocycles. The summed E-state index contributed by atoms with van der Waals surface area (Å²) in [6, 6.07) is 3.23. The predicted molar refractivity (Wildman–Crippen MR) is 69.9 cm³/mol. The Morgan fingerprint density at radius 2 is 1.83 bits per heavy atom. The number of hydrogen-bond donors (Lipinski definition) is 0. The molecule has 1 aromatic rings. The second-order valence-corrected chi connectivity index (χ2v) is 3.93. The van der Waals surface area contributed by atoms with E-state index in [1.807, 2.05) is 6.92 Å². The molecule has 0 bridgehead atoms. The summed E-state index contributed by atoms with van der Waals surface area (Å²) >= 11 is 0. The van der Waals surface area contributed by atoms with Crippen LogP contribution in [0, 0.1) is 0 Å². The summed E-state index contributed by atoms with van der Waals surface area (Å²) in [4.78, 5) is 10.8. The van der Waals surface area contributed by atoms with E-state index < -0.39 is 0 Å². The zero-order chi connectivity index (χ0) is 13.5. The average Bonchev–Trinajstić information content (AvgIpc) is 2.37. The van der Waals surface area contributed by atoms with Crippen LogP contribution in [0.4, 0.5) is 0 Å².